The summed E-state index contributed by atoms with van der Waals surface area (Å²) in [7, 11) is 0. The fourth-order valence-electron chi connectivity index (χ4n) is 2.29. The number of aryl methyl sites for hydroxylation is 1. The van der Waals surface area contributed by atoms with Crippen LogP contribution in [0, 0.1) is 6.92 Å². The molecule has 0 bridgehead atoms. The standard InChI is InChI=1S/C13H20N2OS/c1-9-10-5-2-3-6-11(10)17-13(9)15-12(16)7-4-8-14/h2-8,14H2,1H3,(H,15,16). The molecule has 3 N–H and O–H groups in total. The summed E-state index contributed by atoms with van der Waals surface area (Å²) in [6, 6.07) is 0. The zero-order valence-corrected chi connectivity index (χ0v) is 11.2. The molecule has 0 fully saturated rings. The van der Waals surface area contributed by atoms with Crippen molar-refractivity contribution >= 4 is 22.2 Å². The van der Waals surface area contributed by atoms with Crippen molar-refractivity contribution in [2.24, 2.45) is 5.73 Å². The number of nitrogens with two attached hydrogens (primary N) is 1. The molecule has 0 radical (unpaired) electrons. The average molecular weight is 252 g/mol. The van der Waals surface area contributed by atoms with Crippen molar-refractivity contribution in [3.63, 3.8) is 0 Å². The van der Waals surface area contributed by atoms with E-state index in [1.807, 2.05) is 0 Å². The maximum Gasteiger partial charge on any atom is 0.225 e. The molecule has 1 heterocycles. The summed E-state index contributed by atoms with van der Waals surface area (Å²) in [5.74, 6) is 0.0946. The van der Waals surface area contributed by atoms with Gasteiger partial charge in [0.15, 0.2) is 0 Å². The Balaban J connectivity index is 2.06. The van der Waals surface area contributed by atoms with Gasteiger partial charge in [-0.1, -0.05) is 0 Å². The summed E-state index contributed by atoms with van der Waals surface area (Å²) in [6.07, 6.45) is 6.21. The van der Waals surface area contributed by atoms with E-state index in [4.69, 9.17) is 5.73 Å². The van der Waals surface area contributed by atoms with Gasteiger partial charge in [-0.25, -0.2) is 0 Å². The average Bonchev–Trinajstić information content (AvgIpc) is 2.64. The molecule has 1 aliphatic rings. The largest absolute Gasteiger partial charge is 0.330 e. The van der Waals surface area contributed by atoms with E-state index in [1.165, 1.54) is 41.7 Å². The van der Waals surface area contributed by atoms with E-state index < -0.39 is 0 Å². The molecule has 0 unspecified atom stereocenters. The van der Waals surface area contributed by atoms with Crippen LogP contribution in [-0.4, -0.2) is 12.5 Å². The van der Waals surface area contributed by atoms with Gasteiger partial charge >= 0.3 is 0 Å². The lowest BCUT2D eigenvalue weighted by molar-refractivity contribution is -0.116. The van der Waals surface area contributed by atoms with Crippen LogP contribution in [0.5, 0.6) is 0 Å². The molecule has 2 rings (SSSR count). The SMILES string of the molecule is Cc1c(NC(=O)CCCN)sc2c1CCCC2. The van der Waals surface area contributed by atoms with Crippen molar-refractivity contribution in [1.29, 1.82) is 0 Å². The van der Waals surface area contributed by atoms with Gasteiger partial charge in [0, 0.05) is 11.3 Å². The fourth-order valence-corrected chi connectivity index (χ4v) is 3.61. The molecule has 0 atom stereocenters. The number of hydrogen-bond donors (Lipinski definition) is 2. The summed E-state index contributed by atoms with van der Waals surface area (Å²) in [6.45, 7) is 2.70. The first-order chi connectivity index (χ1) is 8.22. The Labute approximate surface area is 106 Å². The van der Waals surface area contributed by atoms with Crippen LogP contribution < -0.4 is 11.1 Å². The molecule has 1 aliphatic carbocycles. The van der Waals surface area contributed by atoms with Crippen molar-refractivity contribution in [1.82, 2.24) is 0 Å². The third kappa shape index (κ3) is 2.87. The van der Waals surface area contributed by atoms with Crippen LogP contribution in [0.1, 0.15) is 41.7 Å². The quantitative estimate of drug-likeness (QED) is 0.865. The number of nitrogens with one attached hydrogen (secondary N) is 1. The number of thiophene rings is 1. The minimum atomic E-state index is 0.0946. The van der Waals surface area contributed by atoms with Crippen LogP contribution in [0.4, 0.5) is 5.00 Å². The Morgan fingerprint density at radius 1 is 1.41 bits per heavy atom. The molecule has 0 spiro atoms. The van der Waals surface area contributed by atoms with Crippen molar-refractivity contribution < 1.29 is 4.79 Å². The van der Waals surface area contributed by atoms with Crippen molar-refractivity contribution in [2.45, 2.75) is 45.4 Å². The van der Waals surface area contributed by atoms with Gasteiger partial charge in [0.05, 0.1) is 5.00 Å². The Kier molecular flexibility index (Phi) is 4.18. The Bertz CT molecular complexity index is 412. The van der Waals surface area contributed by atoms with E-state index >= 15 is 0 Å². The molecule has 0 aromatic carbocycles. The highest BCUT2D eigenvalue weighted by Gasteiger charge is 2.18. The zero-order chi connectivity index (χ0) is 12.3. The smallest absolute Gasteiger partial charge is 0.225 e. The maximum atomic E-state index is 11.7. The van der Waals surface area contributed by atoms with Gasteiger partial charge < -0.3 is 11.1 Å². The number of amides is 1. The molecule has 1 aromatic rings. The Morgan fingerprint density at radius 3 is 2.88 bits per heavy atom. The van der Waals surface area contributed by atoms with Gasteiger partial charge in [0.25, 0.3) is 0 Å². The topological polar surface area (TPSA) is 55.1 Å². The zero-order valence-electron chi connectivity index (χ0n) is 10.3. The van der Waals surface area contributed by atoms with Crippen LogP contribution in [0.2, 0.25) is 0 Å². The maximum absolute atomic E-state index is 11.7. The van der Waals surface area contributed by atoms with Gasteiger partial charge in [0.2, 0.25) is 5.91 Å². The van der Waals surface area contributed by atoms with Crippen LogP contribution >= 0.6 is 11.3 Å². The van der Waals surface area contributed by atoms with Crippen LogP contribution in [0.25, 0.3) is 0 Å². The number of anilines is 1. The molecule has 94 valence electrons. The lowest BCUT2D eigenvalue weighted by Gasteiger charge is -2.10. The molecule has 17 heavy (non-hydrogen) atoms. The first-order valence-corrected chi connectivity index (χ1v) is 7.15. The van der Waals surface area contributed by atoms with E-state index in [-0.39, 0.29) is 5.91 Å². The highest BCUT2D eigenvalue weighted by atomic mass is 32.1. The summed E-state index contributed by atoms with van der Waals surface area (Å²) < 4.78 is 0. The highest BCUT2D eigenvalue weighted by Crippen LogP contribution is 2.37. The van der Waals surface area contributed by atoms with Gasteiger partial charge in [-0.05, 0) is 56.7 Å². The molecular weight excluding hydrogens is 232 g/mol. The predicted octanol–water partition coefficient (Wildman–Crippen LogP) is 2.61. The van der Waals surface area contributed by atoms with Crippen LogP contribution in [0.3, 0.4) is 0 Å². The summed E-state index contributed by atoms with van der Waals surface area (Å²) in [5.41, 5.74) is 8.17. The Hall–Kier alpha value is -0.870. The first-order valence-electron chi connectivity index (χ1n) is 6.33. The lowest BCUT2D eigenvalue weighted by Crippen LogP contribution is -2.13. The van der Waals surface area contributed by atoms with Gasteiger partial charge in [-0.15, -0.1) is 11.3 Å². The molecule has 4 heteroatoms. The number of carbonyl (C=O) groups excluding carboxylic acids is 1. The number of hydrogen-bond acceptors (Lipinski definition) is 3. The number of carbonyl (C=O) groups is 1. The summed E-state index contributed by atoms with van der Waals surface area (Å²) in [5, 5.41) is 4.08. The van der Waals surface area contributed by atoms with Crippen molar-refractivity contribution in [3.8, 4) is 0 Å². The molecule has 1 aromatic heterocycles. The molecule has 1 amide bonds. The highest BCUT2D eigenvalue weighted by molar-refractivity contribution is 7.16. The Morgan fingerprint density at radius 2 is 2.18 bits per heavy atom. The molecule has 0 aliphatic heterocycles. The monoisotopic (exact) mass is 252 g/mol. The normalized spacial score (nSPS) is 14.5. The van der Waals surface area contributed by atoms with E-state index in [9.17, 15) is 4.79 Å². The molecular formula is C13H20N2OS. The third-order valence-electron chi connectivity index (χ3n) is 3.30. The second kappa shape index (κ2) is 5.65. The molecule has 0 saturated carbocycles. The van der Waals surface area contributed by atoms with Crippen molar-refractivity contribution in [3.05, 3.63) is 16.0 Å². The third-order valence-corrected chi connectivity index (χ3v) is 4.61. The minimum absolute atomic E-state index is 0.0946. The number of fused-ring (bicyclic) bond motifs is 1. The van der Waals surface area contributed by atoms with Gasteiger partial charge in [-0.3, -0.25) is 4.79 Å². The minimum Gasteiger partial charge on any atom is -0.330 e. The van der Waals surface area contributed by atoms with E-state index in [0.717, 1.165) is 11.4 Å². The second-order valence-electron chi connectivity index (χ2n) is 4.61. The molecule has 3 nitrogen and oxygen atoms in total. The lowest BCUT2D eigenvalue weighted by atomic mass is 9.96. The van der Waals surface area contributed by atoms with Gasteiger partial charge in [0.1, 0.15) is 0 Å². The van der Waals surface area contributed by atoms with Gasteiger partial charge in [-0.2, -0.15) is 0 Å². The van der Waals surface area contributed by atoms with Crippen LogP contribution in [-0.2, 0) is 17.6 Å². The fraction of sp³-hybridized carbons (Fsp3) is 0.615. The van der Waals surface area contributed by atoms with Crippen molar-refractivity contribution in [2.75, 3.05) is 11.9 Å². The summed E-state index contributed by atoms with van der Waals surface area (Å²) in [4.78, 5) is 13.2. The molecule has 0 saturated heterocycles. The predicted molar refractivity (Wildman–Crippen MR) is 72.6 cm³/mol. The van der Waals surface area contributed by atoms with E-state index in [2.05, 4.69) is 12.2 Å². The van der Waals surface area contributed by atoms with E-state index in [1.54, 1.807) is 11.3 Å². The second-order valence-corrected chi connectivity index (χ2v) is 5.71. The van der Waals surface area contributed by atoms with Crippen LogP contribution in [0.15, 0.2) is 0 Å². The number of rotatable bonds is 4. The first kappa shape index (κ1) is 12.6. The van der Waals surface area contributed by atoms with E-state index in [0.29, 0.717) is 13.0 Å². The summed E-state index contributed by atoms with van der Waals surface area (Å²) >= 11 is 1.76.